The van der Waals surface area contributed by atoms with Crippen molar-refractivity contribution in [3.05, 3.63) is 59.0 Å². The molecule has 100 valence electrons. The van der Waals surface area contributed by atoms with Gasteiger partial charge >= 0.3 is 0 Å². The molecule has 0 spiro atoms. The van der Waals surface area contributed by atoms with Crippen molar-refractivity contribution in [1.82, 2.24) is 0 Å². The summed E-state index contributed by atoms with van der Waals surface area (Å²) in [6, 6.07) is 14.4. The van der Waals surface area contributed by atoms with Gasteiger partial charge in [0.05, 0.1) is 12.5 Å². The average Bonchev–Trinajstić information content (AvgIpc) is 2.85. The van der Waals surface area contributed by atoms with Gasteiger partial charge in [-0.2, -0.15) is 0 Å². The zero-order chi connectivity index (χ0) is 14.1. The Morgan fingerprint density at radius 3 is 2.55 bits per heavy atom. The van der Waals surface area contributed by atoms with Crippen LogP contribution in [-0.4, -0.2) is 18.0 Å². The lowest BCUT2D eigenvalue weighted by molar-refractivity contribution is 0.104. The van der Waals surface area contributed by atoms with Crippen LogP contribution in [0, 0.1) is 0 Å². The molecule has 20 heavy (non-hydrogen) atoms. The summed E-state index contributed by atoms with van der Waals surface area (Å²) in [6.45, 7) is 0. The van der Waals surface area contributed by atoms with E-state index in [9.17, 15) is 9.90 Å². The zero-order valence-electron chi connectivity index (χ0n) is 10.8. The second-order valence-electron chi connectivity index (χ2n) is 4.31. The van der Waals surface area contributed by atoms with Gasteiger partial charge in [-0.05, 0) is 12.1 Å². The normalized spacial score (nSPS) is 10.7. The number of rotatable bonds is 3. The molecule has 3 aromatic rings. The van der Waals surface area contributed by atoms with Crippen molar-refractivity contribution in [3.63, 3.8) is 0 Å². The van der Waals surface area contributed by atoms with Gasteiger partial charge in [-0.25, -0.2) is 0 Å². The van der Waals surface area contributed by atoms with Crippen LogP contribution in [0.5, 0.6) is 11.5 Å². The predicted octanol–water partition coefficient (Wildman–Crippen LogP) is 3.85. The number of carbonyl (C=O) groups is 1. The van der Waals surface area contributed by atoms with Gasteiger partial charge in [-0.3, -0.25) is 4.79 Å². The van der Waals surface area contributed by atoms with Crippen molar-refractivity contribution in [2.75, 3.05) is 7.11 Å². The number of ether oxygens (including phenoxy) is 1. The summed E-state index contributed by atoms with van der Waals surface area (Å²) in [7, 11) is 1.55. The number of hydrogen-bond acceptors (Lipinski definition) is 4. The Kier molecular flexibility index (Phi) is 3.16. The van der Waals surface area contributed by atoms with Gasteiger partial charge in [0.1, 0.15) is 16.4 Å². The lowest BCUT2D eigenvalue weighted by atomic mass is 10.1. The molecule has 1 aromatic heterocycles. The van der Waals surface area contributed by atoms with E-state index in [2.05, 4.69) is 0 Å². The van der Waals surface area contributed by atoms with Crippen LogP contribution in [0.3, 0.4) is 0 Å². The fourth-order valence-electron chi connectivity index (χ4n) is 2.15. The molecule has 0 aliphatic rings. The van der Waals surface area contributed by atoms with Crippen molar-refractivity contribution >= 4 is 27.2 Å². The smallest absolute Gasteiger partial charge is 0.206 e. The highest BCUT2D eigenvalue weighted by Crippen LogP contribution is 2.42. The van der Waals surface area contributed by atoms with E-state index in [1.54, 1.807) is 37.4 Å². The quantitative estimate of drug-likeness (QED) is 0.743. The monoisotopic (exact) mass is 284 g/mol. The van der Waals surface area contributed by atoms with Crippen LogP contribution in [0.4, 0.5) is 0 Å². The van der Waals surface area contributed by atoms with Crippen molar-refractivity contribution in [1.29, 1.82) is 0 Å². The third-order valence-electron chi connectivity index (χ3n) is 3.11. The minimum Gasteiger partial charge on any atom is -0.505 e. The molecule has 0 fully saturated rings. The number of aromatic hydroxyl groups is 1. The number of benzene rings is 2. The van der Waals surface area contributed by atoms with Gasteiger partial charge in [-0.1, -0.05) is 36.4 Å². The van der Waals surface area contributed by atoms with Gasteiger partial charge in [0.15, 0.2) is 0 Å². The predicted molar refractivity (Wildman–Crippen MR) is 79.9 cm³/mol. The first-order chi connectivity index (χ1) is 9.72. The van der Waals surface area contributed by atoms with Crippen molar-refractivity contribution in [2.24, 2.45) is 0 Å². The highest BCUT2D eigenvalue weighted by Gasteiger charge is 2.21. The molecule has 2 aromatic carbocycles. The summed E-state index contributed by atoms with van der Waals surface area (Å²) >= 11 is 1.28. The number of hydrogen-bond donors (Lipinski definition) is 1. The number of ketones is 1. The highest BCUT2D eigenvalue weighted by atomic mass is 32.1. The van der Waals surface area contributed by atoms with Gasteiger partial charge in [-0.15, -0.1) is 11.3 Å². The number of carbonyl (C=O) groups excluding carboxylic acids is 1. The molecule has 1 N–H and O–H groups in total. The van der Waals surface area contributed by atoms with Gasteiger partial charge in [0.25, 0.3) is 0 Å². The minimum atomic E-state index is -0.175. The Bertz CT molecular complexity index is 775. The van der Waals surface area contributed by atoms with Crippen LogP contribution in [0.1, 0.15) is 15.2 Å². The zero-order valence-corrected chi connectivity index (χ0v) is 11.6. The maximum Gasteiger partial charge on any atom is 0.206 e. The molecule has 3 rings (SSSR count). The fourth-order valence-corrected chi connectivity index (χ4v) is 3.22. The Morgan fingerprint density at radius 1 is 1.10 bits per heavy atom. The molecule has 0 atom stereocenters. The second kappa shape index (κ2) is 4.98. The topological polar surface area (TPSA) is 46.5 Å². The molecule has 4 heteroatoms. The molecule has 0 aliphatic carbocycles. The summed E-state index contributed by atoms with van der Waals surface area (Å²) in [5, 5.41) is 10.9. The van der Waals surface area contributed by atoms with E-state index in [1.807, 2.05) is 18.2 Å². The summed E-state index contributed by atoms with van der Waals surface area (Å²) in [5.74, 6) is 0.394. The van der Waals surface area contributed by atoms with E-state index in [-0.39, 0.29) is 11.5 Å². The minimum absolute atomic E-state index is 0.00342. The van der Waals surface area contributed by atoms with Crippen molar-refractivity contribution < 1.29 is 14.6 Å². The molecule has 0 bridgehead atoms. The Labute approximate surface area is 120 Å². The van der Waals surface area contributed by atoms with Crippen LogP contribution in [-0.2, 0) is 0 Å². The lowest BCUT2D eigenvalue weighted by Gasteiger charge is -2.02. The standard InChI is InChI=1S/C16H12O3S/c1-19-11-8-5-9-12-13(11)15(18)16(20-12)14(17)10-6-3-2-4-7-10/h2-9,18H,1H3. The van der Waals surface area contributed by atoms with E-state index < -0.39 is 0 Å². The summed E-state index contributed by atoms with van der Waals surface area (Å²) in [4.78, 5) is 12.8. The summed E-state index contributed by atoms with van der Waals surface area (Å²) in [5.41, 5.74) is 0.563. The van der Waals surface area contributed by atoms with Crippen LogP contribution in [0.2, 0.25) is 0 Å². The molecule has 0 amide bonds. The molecule has 0 saturated carbocycles. The Morgan fingerprint density at radius 2 is 1.85 bits per heavy atom. The van der Waals surface area contributed by atoms with Crippen LogP contribution < -0.4 is 4.74 Å². The van der Waals surface area contributed by atoms with Gasteiger partial charge in [0, 0.05) is 10.3 Å². The van der Waals surface area contributed by atoms with Crippen molar-refractivity contribution in [3.8, 4) is 11.5 Å². The summed E-state index contributed by atoms with van der Waals surface area (Å²) < 4.78 is 6.08. The maximum absolute atomic E-state index is 12.4. The largest absolute Gasteiger partial charge is 0.505 e. The van der Waals surface area contributed by atoms with Crippen LogP contribution in [0.25, 0.3) is 10.1 Å². The molecule has 0 saturated heterocycles. The number of fused-ring (bicyclic) bond motifs is 1. The third-order valence-corrected chi connectivity index (χ3v) is 4.26. The van der Waals surface area contributed by atoms with Gasteiger partial charge < -0.3 is 9.84 Å². The fraction of sp³-hybridized carbons (Fsp3) is 0.0625. The van der Waals surface area contributed by atoms with Crippen LogP contribution >= 0.6 is 11.3 Å². The van der Waals surface area contributed by atoms with E-state index in [0.717, 1.165) is 4.70 Å². The third kappa shape index (κ3) is 1.94. The Hall–Kier alpha value is -2.33. The first-order valence-electron chi connectivity index (χ1n) is 6.10. The van der Waals surface area contributed by atoms with E-state index in [0.29, 0.717) is 21.6 Å². The first-order valence-corrected chi connectivity index (χ1v) is 6.92. The van der Waals surface area contributed by atoms with Gasteiger partial charge in [0.2, 0.25) is 5.78 Å². The lowest BCUT2D eigenvalue weighted by Crippen LogP contribution is -1.98. The molecular weight excluding hydrogens is 272 g/mol. The van der Waals surface area contributed by atoms with Crippen molar-refractivity contribution in [2.45, 2.75) is 0 Å². The molecule has 3 nitrogen and oxygen atoms in total. The Balaban J connectivity index is 2.18. The van der Waals surface area contributed by atoms with E-state index in [4.69, 9.17) is 4.74 Å². The van der Waals surface area contributed by atoms with E-state index >= 15 is 0 Å². The SMILES string of the molecule is COc1cccc2sc(C(=O)c3ccccc3)c(O)c12. The molecule has 1 heterocycles. The van der Waals surface area contributed by atoms with E-state index in [1.165, 1.54) is 11.3 Å². The molecular formula is C16H12O3S. The maximum atomic E-state index is 12.4. The number of thiophene rings is 1. The van der Waals surface area contributed by atoms with Crippen LogP contribution in [0.15, 0.2) is 48.5 Å². The summed E-state index contributed by atoms with van der Waals surface area (Å²) in [6.07, 6.45) is 0. The molecule has 0 aliphatic heterocycles. The molecule has 0 unspecified atom stereocenters. The average molecular weight is 284 g/mol. The highest BCUT2D eigenvalue weighted by molar-refractivity contribution is 7.21. The first kappa shape index (κ1) is 12.7. The number of methoxy groups -OCH3 is 1. The second-order valence-corrected chi connectivity index (χ2v) is 5.36. The molecule has 0 radical (unpaired) electrons.